The van der Waals surface area contributed by atoms with Crippen molar-refractivity contribution < 1.29 is 9.53 Å². The van der Waals surface area contributed by atoms with Crippen LogP contribution in [0.15, 0.2) is 29.4 Å². The van der Waals surface area contributed by atoms with E-state index in [0.29, 0.717) is 6.04 Å². The number of carbonyl (C=O) groups excluding carboxylic acids is 1. The standard InChI is InChI=1S/C21H30N4O2S/c1-5-25-19(17-13-9-10-14-18(17)27-4)22-23-21(25)28-15(2)20(26)24(3)16-11-7-6-8-12-16/h9-10,13-16H,5-8,11-12H2,1-4H3. The molecule has 0 aliphatic heterocycles. The molecule has 0 saturated heterocycles. The van der Waals surface area contributed by atoms with Crippen LogP contribution in [-0.4, -0.2) is 51.0 Å². The Morgan fingerprint density at radius 1 is 1.29 bits per heavy atom. The molecule has 1 unspecified atom stereocenters. The molecule has 0 N–H and O–H groups in total. The fraction of sp³-hybridized carbons (Fsp3) is 0.571. The number of benzene rings is 1. The molecule has 7 heteroatoms. The lowest BCUT2D eigenvalue weighted by Gasteiger charge is -2.32. The molecule has 6 nitrogen and oxygen atoms in total. The van der Waals surface area contributed by atoms with Gasteiger partial charge >= 0.3 is 0 Å². The second-order valence-corrected chi connectivity index (χ2v) is 8.56. The minimum Gasteiger partial charge on any atom is -0.496 e. The number of ether oxygens (including phenoxy) is 1. The van der Waals surface area contributed by atoms with Gasteiger partial charge in [-0.3, -0.25) is 4.79 Å². The summed E-state index contributed by atoms with van der Waals surface area (Å²) in [6.45, 7) is 4.75. The minimum absolute atomic E-state index is 0.168. The number of carbonyl (C=O) groups is 1. The van der Waals surface area contributed by atoms with Crippen LogP contribution in [0, 0.1) is 0 Å². The summed E-state index contributed by atoms with van der Waals surface area (Å²) in [6.07, 6.45) is 5.95. The quantitative estimate of drug-likeness (QED) is 0.648. The normalized spacial score (nSPS) is 16.0. The van der Waals surface area contributed by atoms with Gasteiger partial charge in [0.25, 0.3) is 0 Å². The minimum atomic E-state index is -0.202. The number of rotatable bonds is 7. The third-order valence-corrected chi connectivity index (χ3v) is 6.55. The van der Waals surface area contributed by atoms with Gasteiger partial charge in [0.1, 0.15) is 5.75 Å². The van der Waals surface area contributed by atoms with Crippen LogP contribution in [0.25, 0.3) is 11.4 Å². The molecule has 1 aromatic carbocycles. The average molecular weight is 403 g/mol. The van der Waals surface area contributed by atoms with Gasteiger partial charge in [0.2, 0.25) is 5.91 Å². The second kappa shape index (κ2) is 9.45. The van der Waals surface area contributed by atoms with Crippen LogP contribution in [0.2, 0.25) is 0 Å². The van der Waals surface area contributed by atoms with Gasteiger partial charge in [-0.25, -0.2) is 0 Å². The Bertz CT molecular complexity index is 801. The van der Waals surface area contributed by atoms with Gasteiger partial charge in [0.15, 0.2) is 11.0 Å². The van der Waals surface area contributed by atoms with E-state index in [9.17, 15) is 4.79 Å². The number of hydrogen-bond donors (Lipinski definition) is 0. The highest BCUT2D eigenvalue weighted by Gasteiger charge is 2.28. The molecule has 1 atom stereocenters. The molecule has 1 amide bonds. The number of hydrogen-bond acceptors (Lipinski definition) is 5. The van der Waals surface area contributed by atoms with Crippen LogP contribution >= 0.6 is 11.8 Å². The van der Waals surface area contributed by atoms with Crippen LogP contribution in [0.5, 0.6) is 5.75 Å². The molecule has 0 bridgehead atoms. The smallest absolute Gasteiger partial charge is 0.235 e. The molecule has 152 valence electrons. The van der Waals surface area contributed by atoms with Crippen molar-refractivity contribution in [3.63, 3.8) is 0 Å². The van der Waals surface area contributed by atoms with Crippen molar-refractivity contribution in [3.8, 4) is 17.1 Å². The van der Waals surface area contributed by atoms with E-state index in [1.54, 1.807) is 7.11 Å². The lowest BCUT2D eigenvalue weighted by molar-refractivity contribution is -0.131. The van der Waals surface area contributed by atoms with Crippen LogP contribution in [0.1, 0.15) is 46.0 Å². The molecule has 2 aromatic rings. The number of methoxy groups -OCH3 is 1. The fourth-order valence-electron chi connectivity index (χ4n) is 3.83. The van der Waals surface area contributed by atoms with Crippen molar-refractivity contribution in [1.29, 1.82) is 0 Å². The first-order chi connectivity index (χ1) is 13.6. The third-order valence-electron chi connectivity index (χ3n) is 5.48. The Morgan fingerprint density at radius 2 is 2.00 bits per heavy atom. The zero-order valence-corrected chi connectivity index (χ0v) is 18.0. The van der Waals surface area contributed by atoms with E-state index in [1.165, 1.54) is 31.0 Å². The molecule has 1 heterocycles. The van der Waals surface area contributed by atoms with Crippen molar-refractivity contribution in [1.82, 2.24) is 19.7 Å². The second-order valence-electron chi connectivity index (χ2n) is 7.25. The van der Waals surface area contributed by atoms with Gasteiger partial charge < -0.3 is 14.2 Å². The van der Waals surface area contributed by atoms with E-state index in [-0.39, 0.29) is 11.2 Å². The van der Waals surface area contributed by atoms with E-state index in [4.69, 9.17) is 4.74 Å². The van der Waals surface area contributed by atoms with Gasteiger partial charge in [-0.2, -0.15) is 0 Å². The first kappa shape index (κ1) is 20.7. The monoisotopic (exact) mass is 402 g/mol. The first-order valence-corrected chi connectivity index (χ1v) is 10.9. The zero-order valence-electron chi connectivity index (χ0n) is 17.2. The zero-order chi connectivity index (χ0) is 20.1. The molecule has 0 radical (unpaired) electrons. The van der Waals surface area contributed by atoms with E-state index >= 15 is 0 Å². The van der Waals surface area contributed by atoms with Crippen molar-refractivity contribution in [2.24, 2.45) is 0 Å². The molecule has 1 aromatic heterocycles. The molecular formula is C21H30N4O2S. The lowest BCUT2D eigenvalue weighted by atomic mass is 9.94. The van der Waals surface area contributed by atoms with Crippen LogP contribution < -0.4 is 4.74 Å². The predicted octanol–water partition coefficient (Wildman–Crippen LogP) is 4.25. The Labute approximate surface area is 171 Å². The molecule has 1 aliphatic carbocycles. The molecule has 3 rings (SSSR count). The molecule has 1 fully saturated rings. The van der Waals surface area contributed by atoms with E-state index < -0.39 is 0 Å². The number of amides is 1. The molecule has 0 spiro atoms. The maximum Gasteiger partial charge on any atom is 0.235 e. The summed E-state index contributed by atoms with van der Waals surface area (Å²) >= 11 is 1.48. The summed E-state index contributed by atoms with van der Waals surface area (Å²) in [4.78, 5) is 14.9. The van der Waals surface area contributed by atoms with Crippen LogP contribution in [0.3, 0.4) is 0 Å². The van der Waals surface area contributed by atoms with E-state index in [2.05, 4.69) is 17.1 Å². The van der Waals surface area contributed by atoms with Crippen molar-refractivity contribution in [3.05, 3.63) is 24.3 Å². The molecule has 1 aliphatic rings. The highest BCUT2D eigenvalue weighted by Crippen LogP contribution is 2.32. The van der Waals surface area contributed by atoms with Crippen molar-refractivity contribution in [2.45, 2.75) is 68.9 Å². The highest BCUT2D eigenvalue weighted by molar-refractivity contribution is 8.00. The Kier molecular flexibility index (Phi) is 6.99. The number of thioether (sulfide) groups is 1. The predicted molar refractivity (Wildman–Crippen MR) is 113 cm³/mol. The van der Waals surface area contributed by atoms with E-state index in [0.717, 1.165) is 41.7 Å². The van der Waals surface area contributed by atoms with Gasteiger partial charge in [-0.05, 0) is 38.8 Å². The highest BCUT2D eigenvalue weighted by atomic mass is 32.2. The largest absolute Gasteiger partial charge is 0.496 e. The summed E-state index contributed by atoms with van der Waals surface area (Å²) in [6, 6.07) is 8.17. The SMILES string of the molecule is CCn1c(SC(C)C(=O)N(C)C2CCCCC2)nnc1-c1ccccc1OC. The number of nitrogens with zero attached hydrogens (tertiary/aromatic N) is 4. The number of aromatic nitrogens is 3. The summed E-state index contributed by atoms with van der Waals surface area (Å²) in [5.41, 5.74) is 0.907. The van der Waals surface area contributed by atoms with Crippen LogP contribution in [0.4, 0.5) is 0 Å². The summed E-state index contributed by atoms with van der Waals surface area (Å²) in [5, 5.41) is 9.35. The molecule has 1 saturated carbocycles. The van der Waals surface area contributed by atoms with Gasteiger partial charge in [0.05, 0.1) is 17.9 Å². The third kappa shape index (κ3) is 4.35. The first-order valence-electron chi connectivity index (χ1n) is 10.1. The Morgan fingerprint density at radius 3 is 2.68 bits per heavy atom. The molecule has 28 heavy (non-hydrogen) atoms. The van der Waals surface area contributed by atoms with Gasteiger partial charge in [-0.15, -0.1) is 10.2 Å². The van der Waals surface area contributed by atoms with Gasteiger partial charge in [-0.1, -0.05) is 43.2 Å². The summed E-state index contributed by atoms with van der Waals surface area (Å²) in [7, 11) is 3.60. The van der Waals surface area contributed by atoms with Crippen molar-refractivity contribution in [2.75, 3.05) is 14.2 Å². The topological polar surface area (TPSA) is 60.2 Å². The van der Waals surface area contributed by atoms with E-state index in [1.807, 2.05) is 47.7 Å². The van der Waals surface area contributed by atoms with Crippen LogP contribution in [-0.2, 0) is 11.3 Å². The average Bonchev–Trinajstić information content (AvgIpc) is 3.15. The lowest BCUT2D eigenvalue weighted by Crippen LogP contribution is -2.42. The Hall–Kier alpha value is -2.02. The summed E-state index contributed by atoms with van der Waals surface area (Å²) in [5.74, 6) is 1.70. The number of para-hydroxylation sites is 1. The maximum atomic E-state index is 13.0. The Balaban J connectivity index is 1.77. The molecular weight excluding hydrogens is 372 g/mol. The fourth-order valence-corrected chi connectivity index (χ4v) is 4.85. The maximum absolute atomic E-state index is 13.0. The van der Waals surface area contributed by atoms with Crippen molar-refractivity contribution >= 4 is 17.7 Å². The van der Waals surface area contributed by atoms with Gasteiger partial charge in [0, 0.05) is 19.6 Å². The summed E-state index contributed by atoms with van der Waals surface area (Å²) < 4.78 is 7.53.